The maximum atomic E-state index is 12.3. The lowest BCUT2D eigenvalue weighted by Crippen LogP contribution is -2.16. The maximum absolute atomic E-state index is 12.3. The number of pyridine rings is 1. The number of anilines is 1. The van der Waals surface area contributed by atoms with Crippen molar-refractivity contribution in [3.05, 3.63) is 49.6 Å². The molecule has 0 aliphatic heterocycles. The molecule has 0 bridgehead atoms. The minimum atomic E-state index is -3.68. The number of ether oxygens (including phenoxy) is 1. The van der Waals surface area contributed by atoms with Crippen LogP contribution in [0, 0.1) is 3.57 Å². The number of hydrogen-bond acceptors (Lipinski definition) is 4. The zero-order chi connectivity index (χ0) is 16.3. The summed E-state index contributed by atoms with van der Waals surface area (Å²) in [7, 11) is -2.23. The molecule has 0 aliphatic rings. The molecule has 9 heteroatoms. The number of halogens is 3. The van der Waals surface area contributed by atoms with E-state index in [4.69, 9.17) is 27.9 Å². The summed E-state index contributed by atoms with van der Waals surface area (Å²) in [6.45, 7) is 0. The predicted molar refractivity (Wildman–Crippen MR) is 96.2 cm³/mol. The quantitative estimate of drug-likeness (QED) is 0.669. The highest BCUT2D eigenvalue weighted by molar-refractivity contribution is 14.1. The molecule has 1 aromatic heterocycles. The van der Waals surface area contributed by atoms with E-state index in [1.807, 2.05) is 0 Å². The first-order valence-corrected chi connectivity index (χ1v) is 9.43. The number of sulfonamides is 1. The van der Waals surface area contributed by atoms with Gasteiger partial charge < -0.3 is 4.74 Å². The summed E-state index contributed by atoms with van der Waals surface area (Å²) in [5, 5.41) is 0.755. The van der Waals surface area contributed by atoms with Crippen molar-refractivity contribution in [3.8, 4) is 5.75 Å². The van der Waals surface area contributed by atoms with E-state index in [0.29, 0.717) is 21.4 Å². The third-order valence-electron chi connectivity index (χ3n) is 2.57. The zero-order valence-electron chi connectivity index (χ0n) is 11.3. The Kier molecular flexibility index (Phi) is 5.76. The monoisotopic (exact) mass is 472 g/mol. The molecule has 2 rings (SSSR count). The third-order valence-corrected chi connectivity index (χ3v) is 4.81. The Morgan fingerprint density at radius 2 is 1.86 bits per heavy atom. The number of hydrogen-bond donors (Lipinski definition) is 1. The van der Waals surface area contributed by atoms with Gasteiger partial charge in [0, 0.05) is 19.8 Å². The normalized spacial score (nSPS) is 11.3. The molecule has 2 aromatic rings. The van der Waals surface area contributed by atoms with Crippen LogP contribution in [0.1, 0.15) is 5.56 Å². The van der Waals surface area contributed by atoms with Gasteiger partial charge in [-0.2, -0.15) is 0 Å². The van der Waals surface area contributed by atoms with Gasteiger partial charge in [0.1, 0.15) is 0 Å². The van der Waals surface area contributed by atoms with Gasteiger partial charge in [-0.1, -0.05) is 23.2 Å². The van der Waals surface area contributed by atoms with E-state index in [9.17, 15) is 8.42 Å². The number of benzene rings is 1. The zero-order valence-corrected chi connectivity index (χ0v) is 15.8. The van der Waals surface area contributed by atoms with Gasteiger partial charge in [0.25, 0.3) is 0 Å². The molecule has 0 amide bonds. The highest BCUT2D eigenvalue weighted by atomic mass is 127. The molecule has 0 aliphatic carbocycles. The van der Waals surface area contributed by atoms with Crippen LogP contribution in [0.4, 0.5) is 5.82 Å². The van der Waals surface area contributed by atoms with E-state index in [1.54, 1.807) is 18.2 Å². The summed E-state index contributed by atoms with van der Waals surface area (Å²) in [6.07, 6.45) is 1.54. The van der Waals surface area contributed by atoms with Gasteiger partial charge in [-0.3, -0.25) is 4.72 Å². The molecule has 118 valence electrons. The van der Waals surface area contributed by atoms with Crippen LogP contribution in [0.15, 0.2) is 30.5 Å². The minimum absolute atomic E-state index is 0.135. The van der Waals surface area contributed by atoms with Crippen molar-refractivity contribution in [1.82, 2.24) is 4.98 Å². The highest BCUT2D eigenvalue weighted by Gasteiger charge is 2.16. The number of methoxy groups -OCH3 is 1. The Morgan fingerprint density at radius 1 is 1.23 bits per heavy atom. The maximum Gasteiger partial charge on any atom is 0.238 e. The van der Waals surface area contributed by atoms with E-state index >= 15 is 0 Å². The Balaban J connectivity index is 2.24. The Morgan fingerprint density at radius 3 is 2.45 bits per heavy atom. The Labute approximate surface area is 152 Å². The summed E-state index contributed by atoms with van der Waals surface area (Å²) >= 11 is 13.8. The lowest BCUT2D eigenvalue weighted by Gasteiger charge is -2.11. The Hall–Kier alpha value is -0.770. The summed E-state index contributed by atoms with van der Waals surface area (Å²) in [5.41, 5.74) is 0.481. The molecule has 5 nitrogen and oxygen atoms in total. The highest BCUT2D eigenvalue weighted by Crippen LogP contribution is 2.26. The van der Waals surface area contributed by atoms with Crippen LogP contribution in [0.3, 0.4) is 0 Å². The molecule has 1 N–H and O–H groups in total. The number of nitrogens with zero attached hydrogens (tertiary/aromatic N) is 1. The largest absolute Gasteiger partial charge is 0.493 e. The molecule has 0 spiro atoms. The van der Waals surface area contributed by atoms with Crippen molar-refractivity contribution in [1.29, 1.82) is 0 Å². The molecule has 1 aromatic carbocycles. The lowest BCUT2D eigenvalue weighted by molar-refractivity contribution is 0.415. The van der Waals surface area contributed by atoms with Crippen LogP contribution in [0.25, 0.3) is 0 Å². The smallest absolute Gasteiger partial charge is 0.238 e. The number of aromatic nitrogens is 1. The predicted octanol–water partition coefficient (Wildman–Crippen LogP) is 3.94. The SMILES string of the molecule is COc1cc(I)cnc1NS(=O)(=O)Cc1cc(Cl)cc(Cl)c1. The van der Waals surface area contributed by atoms with Crippen molar-refractivity contribution < 1.29 is 13.2 Å². The van der Waals surface area contributed by atoms with E-state index in [-0.39, 0.29) is 11.6 Å². The summed E-state index contributed by atoms with van der Waals surface area (Å²) < 4.78 is 32.9. The van der Waals surface area contributed by atoms with Crippen LogP contribution in [0.5, 0.6) is 5.75 Å². The summed E-state index contributed by atoms with van der Waals surface area (Å²) in [6, 6.07) is 6.31. The van der Waals surface area contributed by atoms with E-state index < -0.39 is 10.0 Å². The van der Waals surface area contributed by atoms with Crippen molar-refractivity contribution in [3.63, 3.8) is 0 Å². The van der Waals surface area contributed by atoms with Crippen LogP contribution in [0.2, 0.25) is 10.0 Å². The second-order valence-corrected chi connectivity index (χ2v) is 8.18. The van der Waals surface area contributed by atoms with Gasteiger partial charge in [-0.15, -0.1) is 0 Å². The van der Waals surface area contributed by atoms with Crippen molar-refractivity contribution in [2.75, 3.05) is 11.8 Å². The fourth-order valence-corrected chi connectivity index (χ4v) is 3.87. The topological polar surface area (TPSA) is 68.3 Å². The molecule has 0 atom stereocenters. The molecule has 22 heavy (non-hydrogen) atoms. The number of nitrogens with one attached hydrogen (secondary N) is 1. The first-order chi connectivity index (χ1) is 10.3. The van der Waals surface area contributed by atoms with E-state index in [2.05, 4.69) is 32.3 Å². The number of rotatable bonds is 5. The second kappa shape index (κ2) is 7.20. The molecule has 1 heterocycles. The van der Waals surface area contributed by atoms with Crippen LogP contribution < -0.4 is 9.46 Å². The molecule has 0 saturated carbocycles. The summed E-state index contributed by atoms with van der Waals surface area (Å²) in [4.78, 5) is 4.04. The van der Waals surface area contributed by atoms with Crippen LogP contribution in [-0.2, 0) is 15.8 Å². The van der Waals surface area contributed by atoms with Gasteiger partial charge in [-0.05, 0) is 52.4 Å². The van der Waals surface area contributed by atoms with E-state index in [1.165, 1.54) is 19.4 Å². The lowest BCUT2D eigenvalue weighted by atomic mass is 10.2. The first kappa shape index (κ1) is 17.6. The van der Waals surface area contributed by atoms with Gasteiger partial charge in [-0.25, -0.2) is 13.4 Å². The molecular weight excluding hydrogens is 462 g/mol. The fourth-order valence-electron chi connectivity index (χ4n) is 1.75. The molecule has 0 radical (unpaired) electrons. The molecule has 0 fully saturated rings. The third kappa shape index (κ3) is 4.87. The van der Waals surface area contributed by atoms with Gasteiger partial charge in [0.05, 0.1) is 12.9 Å². The summed E-state index contributed by atoms with van der Waals surface area (Å²) in [5.74, 6) is 0.208. The second-order valence-electron chi connectivity index (χ2n) is 4.34. The van der Waals surface area contributed by atoms with Crippen LogP contribution >= 0.6 is 45.8 Å². The molecule has 0 saturated heterocycles. The van der Waals surface area contributed by atoms with Crippen molar-refractivity contribution in [2.45, 2.75) is 5.75 Å². The van der Waals surface area contributed by atoms with Crippen molar-refractivity contribution in [2.24, 2.45) is 0 Å². The van der Waals surface area contributed by atoms with Gasteiger partial charge in [0.2, 0.25) is 10.0 Å². The average molecular weight is 473 g/mol. The van der Waals surface area contributed by atoms with E-state index in [0.717, 1.165) is 3.57 Å². The molecular formula is C13H11Cl2IN2O3S. The van der Waals surface area contributed by atoms with Crippen LogP contribution in [-0.4, -0.2) is 20.5 Å². The Bertz CT molecular complexity index is 780. The average Bonchev–Trinajstić information content (AvgIpc) is 2.38. The first-order valence-electron chi connectivity index (χ1n) is 5.94. The van der Waals surface area contributed by atoms with Gasteiger partial charge >= 0.3 is 0 Å². The van der Waals surface area contributed by atoms with Gasteiger partial charge in [0.15, 0.2) is 11.6 Å². The standard InChI is InChI=1S/C13H11Cl2IN2O3S/c1-21-12-5-11(16)6-17-13(12)18-22(19,20)7-8-2-9(14)4-10(15)3-8/h2-6H,7H2,1H3,(H,17,18). The minimum Gasteiger partial charge on any atom is -0.493 e. The fraction of sp³-hybridized carbons (Fsp3) is 0.154. The van der Waals surface area contributed by atoms with Crippen molar-refractivity contribution >= 4 is 61.6 Å². The molecule has 0 unspecified atom stereocenters.